The molecule has 0 atom stereocenters. The summed E-state index contributed by atoms with van der Waals surface area (Å²) in [6.45, 7) is 6.71. The Morgan fingerprint density at radius 2 is 2.00 bits per heavy atom. The molecule has 0 saturated carbocycles. The van der Waals surface area contributed by atoms with E-state index in [1.807, 2.05) is 11.6 Å². The minimum Gasteiger partial charge on any atom is -0.211 e. The molecule has 0 aliphatic rings. The summed E-state index contributed by atoms with van der Waals surface area (Å²) in [4.78, 5) is 0. The summed E-state index contributed by atoms with van der Waals surface area (Å²) in [5.41, 5.74) is 0. The van der Waals surface area contributed by atoms with Crippen LogP contribution in [0.1, 0.15) is 13.8 Å². The van der Waals surface area contributed by atoms with Gasteiger partial charge in [0, 0.05) is 0 Å². The van der Waals surface area contributed by atoms with Crippen molar-refractivity contribution in [3.05, 3.63) is 0 Å². The van der Waals surface area contributed by atoms with Gasteiger partial charge in [0.1, 0.15) is 0 Å². The molecule has 0 amide bonds. The van der Waals surface area contributed by atoms with E-state index in [4.69, 9.17) is 0 Å². The van der Waals surface area contributed by atoms with Gasteiger partial charge in [0.05, 0.1) is 0 Å². The van der Waals surface area contributed by atoms with Crippen LogP contribution in [-0.4, -0.2) is 11.7 Å². The normalized spacial score (nSPS) is 9.00. The molecular formula is C5H13BS. The van der Waals surface area contributed by atoms with Crippen molar-refractivity contribution in [3.63, 3.8) is 0 Å². The maximum Gasteiger partial charge on any atom is 0.206 e. The highest BCUT2D eigenvalue weighted by molar-refractivity contribution is 8.25. The van der Waals surface area contributed by atoms with E-state index in [1.54, 1.807) is 0 Å². The fourth-order valence-corrected chi connectivity index (χ4v) is 1.21. The minimum atomic E-state index is 0.866. The van der Waals surface area contributed by atoms with Crippen LogP contribution in [0.4, 0.5) is 0 Å². The van der Waals surface area contributed by atoms with Gasteiger partial charge >= 0.3 is 0 Å². The minimum absolute atomic E-state index is 0.866. The van der Waals surface area contributed by atoms with Gasteiger partial charge in [-0.05, 0) is 5.75 Å². The SMILES string of the molecule is CCSB(C)CC. The molecular weight excluding hydrogens is 103 g/mol. The first-order valence-corrected chi connectivity index (χ1v) is 3.97. The quantitative estimate of drug-likeness (QED) is 0.510. The van der Waals surface area contributed by atoms with Crippen LogP contribution in [0, 0.1) is 0 Å². The smallest absolute Gasteiger partial charge is 0.206 e. The molecule has 0 aliphatic heterocycles. The molecule has 0 aromatic heterocycles. The molecule has 2 heteroatoms. The summed E-state index contributed by atoms with van der Waals surface area (Å²) < 4.78 is 0. The molecule has 42 valence electrons. The molecule has 0 spiro atoms. The molecule has 0 rings (SSSR count). The Morgan fingerprint density at radius 1 is 1.43 bits per heavy atom. The molecule has 0 radical (unpaired) electrons. The zero-order valence-corrected chi connectivity index (χ0v) is 6.22. The van der Waals surface area contributed by atoms with Gasteiger partial charge in [0.25, 0.3) is 0 Å². The molecule has 0 heterocycles. The van der Waals surface area contributed by atoms with Crippen LogP contribution in [-0.2, 0) is 0 Å². The van der Waals surface area contributed by atoms with Crippen LogP contribution in [0.15, 0.2) is 0 Å². The van der Waals surface area contributed by atoms with E-state index in [1.165, 1.54) is 12.1 Å². The van der Waals surface area contributed by atoms with Crippen molar-refractivity contribution in [2.24, 2.45) is 0 Å². The third-order valence-electron chi connectivity index (χ3n) is 1.03. The van der Waals surface area contributed by atoms with Crippen molar-refractivity contribution in [2.45, 2.75) is 27.0 Å². The third-order valence-corrected chi connectivity index (χ3v) is 2.26. The summed E-state index contributed by atoms with van der Waals surface area (Å²) >= 11 is 2.03. The van der Waals surface area contributed by atoms with Crippen molar-refractivity contribution in [3.8, 4) is 0 Å². The topological polar surface area (TPSA) is 0 Å². The zero-order chi connectivity index (χ0) is 5.70. The van der Waals surface area contributed by atoms with E-state index >= 15 is 0 Å². The van der Waals surface area contributed by atoms with Gasteiger partial charge in [0.15, 0.2) is 0 Å². The van der Waals surface area contributed by atoms with Gasteiger partial charge in [-0.1, -0.05) is 27.0 Å². The van der Waals surface area contributed by atoms with Crippen LogP contribution >= 0.6 is 11.6 Å². The Hall–Kier alpha value is 0.415. The lowest BCUT2D eigenvalue weighted by Crippen LogP contribution is -1.97. The molecule has 0 aliphatic carbocycles. The first-order valence-electron chi connectivity index (χ1n) is 2.92. The summed E-state index contributed by atoms with van der Waals surface area (Å²) in [6, 6.07) is 0. The van der Waals surface area contributed by atoms with Crippen molar-refractivity contribution in [1.29, 1.82) is 0 Å². The van der Waals surface area contributed by atoms with Gasteiger partial charge in [-0.25, -0.2) is 11.6 Å². The molecule has 0 saturated heterocycles. The lowest BCUT2D eigenvalue weighted by Gasteiger charge is -1.98. The van der Waals surface area contributed by atoms with Crippen molar-refractivity contribution in [1.82, 2.24) is 0 Å². The Labute approximate surface area is 51.0 Å². The highest BCUT2D eigenvalue weighted by Crippen LogP contribution is 2.08. The summed E-state index contributed by atoms with van der Waals surface area (Å²) in [7, 11) is 0. The Bertz CT molecular complexity index is 39.1. The molecule has 0 aromatic rings. The van der Waals surface area contributed by atoms with E-state index in [0.717, 1.165) is 5.99 Å². The number of hydrogen-bond acceptors (Lipinski definition) is 1. The Kier molecular flexibility index (Phi) is 4.84. The van der Waals surface area contributed by atoms with E-state index in [-0.39, 0.29) is 0 Å². The van der Waals surface area contributed by atoms with Crippen molar-refractivity contribution < 1.29 is 0 Å². The lowest BCUT2D eigenvalue weighted by molar-refractivity contribution is 1.44. The second kappa shape index (κ2) is 4.57. The van der Waals surface area contributed by atoms with Crippen LogP contribution < -0.4 is 0 Å². The molecule has 0 N–H and O–H groups in total. The second-order valence-corrected chi connectivity index (χ2v) is 3.39. The van der Waals surface area contributed by atoms with Crippen molar-refractivity contribution >= 4 is 17.6 Å². The van der Waals surface area contributed by atoms with Crippen LogP contribution in [0.5, 0.6) is 0 Å². The average Bonchev–Trinajstić information content (AvgIpc) is 1.68. The fourth-order valence-electron chi connectivity index (χ4n) is 0.402. The van der Waals surface area contributed by atoms with Crippen LogP contribution in [0.3, 0.4) is 0 Å². The standard InChI is InChI=1S/C5H13BS/c1-4-6(3)7-5-2/h4-5H2,1-3H3. The molecule has 0 fully saturated rings. The largest absolute Gasteiger partial charge is 0.211 e. The first kappa shape index (κ1) is 7.41. The maximum atomic E-state index is 2.27. The van der Waals surface area contributed by atoms with Gasteiger partial charge in [0.2, 0.25) is 5.99 Å². The second-order valence-electron chi connectivity index (χ2n) is 1.67. The van der Waals surface area contributed by atoms with E-state index < -0.39 is 0 Å². The Morgan fingerprint density at radius 3 is 2.14 bits per heavy atom. The van der Waals surface area contributed by atoms with Gasteiger partial charge in [-0.3, -0.25) is 0 Å². The first-order chi connectivity index (χ1) is 3.31. The van der Waals surface area contributed by atoms with Gasteiger partial charge in [-0.15, -0.1) is 0 Å². The fraction of sp³-hybridized carbons (Fsp3) is 1.00. The highest BCUT2D eigenvalue weighted by atomic mass is 32.2. The van der Waals surface area contributed by atoms with E-state index in [9.17, 15) is 0 Å². The van der Waals surface area contributed by atoms with E-state index in [2.05, 4.69) is 20.7 Å². The number of rotatable bonds is 3. The predicted octanol–water partition coefficient (Wildman–Crippen LogP) is 2.38. The van der Waals surface area contributed by atoms with Gasteiger partial charge in [-0.2, -0.15) is 0 Å². The van der Waals surface area contributed by atoms with Crippen LogP contribution in [0.2, 0.25) is 13.1 Å². The summed E-state index contributed by atoms with van der Waals surface area (Å²) in [6.07, 6.45) is 1.30. The summed E-state index contributed by atoms with van der Waals surface area (Å²) in [5, 5.41) is 0. The molecule has 0 bridgehead atoms. The maximum absolute atomic E-state index is 2.27. The molecule has 7 heavy (non-hydrogen) atoms. The monoisotopic (exact) mass is 116 g/mol. The summed E-state index contributed by atoms with van der Waals surface area (Å²) in [5.74, 6) is 2.12. The Balaban J connectivity index is 2.83. The predicted molar refractivity (Wildman–Crippen MR) is 40.2 cm³/mol. The zero-order valence-electron chi connectivity index (χ0n) is 5.40. The van der Waals surface area contributed by atoms with E-state index in [0.29, 0.717) is 0 Å². The molecule has 0 nitrogen and oxygen atoms in total. The molecule has 0 aromatic carbocycles. The number of hydrogen-bond donors (Lipinski definition) is 0. The van der Waals surface area contributed by atoms with Crippen LogP contribution in [0.25, 0.3) is 0 Å². The van der Waals surface area contributed by atoms with Crippen molar-refractivity contribution in [2.75, 3.05) is 5.75 Å². The molecule has 0 unspecified atom stereocenters. The average molecular weight is 116 g/mol. The van der Waals surface area contributed by atoms with Gasteiger partial charge < -0.3 is 0 Å². The third kappa shape index (κ3) is 4.26. The lowest BCUT2D eigenvalue weighted by atomic mass is 9.77. The highest BCUT2D eigenvalue weighted by Gasteiger charge is 1.99.